The fourth-order valence-corrected chi connectivity index (χ4v) is 3.34. The van der Waals surface area contributed by atoms with Crippen molar-refractivity contribution < 1.29 is 4.79 Å². The summed E-state index contributed by atoms with van der Waals surface area (Å²) in [5, 5.41) is 0. The van der Waals surface area contributed by atoms with Gasteiger partial charge in [-0.3, -0.25) is 4.79 Å². The molecular weight excluding hydrogens is 258 g/mol. The van der Waals surface area contributed by atoms with Gasteiger partial charge in [-0.2, -0.15) is 0 Å². The minimum absolute atomic E-state index is 0.123. The summed E-state index contributed by atoms with van der Waals surface area (Å²) in [6.45, 7) is 0.624. The molecule has 2 nitrogen and oxygen atoms in total. The Morgan fingerprint density at radius 2 is 1.62 bits per heavy atom. The van der Waals surface area contributed by atoms with Gasteiger partial charge in [0.05, 0.1) is 0 Å². The molecule has 2 unspecified atom stereocenters. The van der Waals surface area contributed by atoms with Crippen LogP contribution in [0, 0.1) is 11.8 Å². The molecule has 2 atom stereocenters. The van der Waals surface area contributed by atoms with Crippen LogP contribution >= 0.6 is 0 Å². The largest absolute Gasteiger partial charge is 0.330 e. The summed E-state index contributed by atoms with van der Waals surface area (Å²) < 4.78 is 0. The summed E-state index contributed by atoms with van der Waals surface area (Å²) in [6.07, 6.45) is 3.20. The van der Waals surface area contributed by atoms with Gasteiger partial charge < -0.3 is 5.73 Å². The summed E-state index contributed by atoms with van der Waals surface area (Å²) in [4.78, 5) is 12.6. The Kier molecular flexibility index (Phi) is 4.16. The van der Waals surface area contributed by atoms with Crippen molar-refractivity contribution in [2.75, 3.05) is 6.54 Å². The Labute approximate surface area is 126 Å². The van der Waals surface area contributed by atoms with E-state index in [2.05, 4.69) is 12.1 Å². The van der Waals surface area contributed by atoms with Gasteiger partial charge in [0.15, 0.2) is 5.78 Å². The molecule has 2 aromatic rings. The Hall–Kier alpha value is -1.93. The van der Waals surface area contributed by atoms with Gasteiger partial charge >= 0.3 is 0 Å². The van der Waals surface area contributed by atoms with Crippen molar-refractivity contribution in [3.05, 3.63) is 60.2 Å². The van der Waals surface area contributed by atoms with E-state index in [0.29, 0.717) is 12.5 Å². The number of nitrogens with two attached hydrogens (primary N) is 1. The lowest BCUT2D eigenvalue weighted by molar-refractivity contribution is 0.0893. The van der Waals surface area contributed by atoms with Crippen LogP contribution < -0.4 is 5.73 Å². The van der Waals surface area contributed by atoms with Gasteiger partial charge in [-0.25, -0.2) is 0 Å². The van der Waals surface area contributed by atoms with Crippen LogP contribution in [0.5, 0.6) is 0 Å². The van der Waals surface area contributed by atoms with Crippen LogP contribution in [0.2, 0.25) is 0 Å². The van der Waals surface area contributed by atoms with E-state index in [1.807, 2.05) is 42.5 Å². The highest BCUT2D eigenvalue weighted by atomic mass is 16.1. The lowest BCUT2D eigenvalue weighted by atomic mass is 9.88. The van der Waals surface area contributed by atoms with Crippen molar-refractivity contribution in [1.29, 1.82) is 0 Å². The van der Waals surface area contributed by atoms with Gasteiger partial charge in [-0.15, -0.1) is 0 Å². The molecular formula is C19H21NO. The van der Waals surface area contributed by atoms with Crippen LogP contribution in [-0.4, -0.2) is 12.3 Å². The van der Waals surface area contributed by atoms with Crippen LogP contribution in [0.15, 0.2) is 54.6 Å². The lowest BCUT2D eigenvalue weighted by Crippen LogP contribution is -2.25. The molecule has 0 bridgehead atoms. The van der Waals surface area contributed by atoms with Gasteiger partial charge in [0.1, 0.15) is 0 Å². The third-order valence-corrected chi connectivity index (χ3v) is 4.58. The summed E-state index contributed by atoms with van der Waals surface area (Å²) in [5.74, 6) is 0.756. The van der Waals surface area contributed by atoms with E-state index in [1.165, 1.54) is 5.56 Å². The van der Waals surface area contributed by atoms with E-state index >= 15 is 0 Å². The van der Waals surface area contributed by atoms with E-state index in [1.54, 1.807) is 0 Å². The number of hydrogen-bond acceptors (Lipinski definition) is 2. The van der Waals surface area contributed by atoms with Crippen LogP contribution in [0.3, 0.4) is 0 Å². The molecule has 0 aromatic heterocycles. The number of benzene rings is 2. The number of rotatable bonds is 4. The molecule has 2 aromatic carbocycles. The molecule has 1 saturated carbocycles. The average Bonchev–Trinajstić information content (AvgIpc) is 3.04. The minimum Gasteiger partial charge on any atom is -0.330 e. The number of hydrogen-bond donors (Lipinski definition) is 1. The zero-order valence-electron chi connectivity index (χ0n) is 12.2. The highest BCUT2D eigenvalue weighted by Crippen LogP contribution is 2.33. The summed E-state index contributed by atoms with van der Waals surface area (Å²) in [7, 11) is 0. The van der Waals surface area contributed by atoms with Crippen molar-refractivity contribution in [3.63, 3.8) is 0 Å². The Bertz CT molecular complexity index is 603. The molecule has 3 rings (SSSR count). The molecule has 2 N–H and O–H groups in total. The number of ketones is 1. The highest BCUT2D eigenvalue weighted by Gasteiger charge is 2.32. The van der Waals surface area contributed by atoms with E-state index < -0.39 is 0 Å². The maximum Gasteiger partial charge on any atom is 0.166 e. The molecule has 0 spiro atoms. The van der Waals surface area contributed by atoms with Crippen LogP contribution in [0.4, 0.5) is 0 Å². The summed E-state index contributed by atoms with van der Waals surface area (Å²) in [5.41, 5.74) is 8.93. The molecule has 0 saturated heterocycles. The topological polar surface area (TPSA) is 43.1 Å². The third-order valence-electron chi connectivity index (χ3n) is 4.58. The third kappa shape index (κ3) is 2.91. The first-order valence-corrected chi connectivity index (χ1v) is 7.69. The molecule has 2 heteroatoms. The fourth-order valence-electron chi connectivity index (χ4n) is 3.34. The SMILES string of the molecule is NCC1CCCC1C(=O)c1ccc(-c2ccccc2)cc1. The molecule has 0 amide bonds. The van der Waals surface area contributed by atoms with E-state index in [4.69, 9.17) is 5.73 Å². The van der Waals surface area contributed by atoms with Crippen molar-refractivity contribution in [2.24, 2.45) is 17.6 Å². The zero-order valence-corrected chi connectivity index (χ0v) is 12.2. The Morgan fingerprint density at radius 1 is 0.952 bits per heavy atom. The summed E-state index contributed by atoms with van der Waals surface area (Å²) >= 11 is 0. The Morgan fingerprint density at radius 3 is 2.29 bits per heavy atom. The predicted molar refractivity (Wildman–Crippen MR) is 86.1 cm³/mol. The number of Topliss-reactive ketones (excluding diaryl/α,β-unsaturated/α-hetero) is 1. The molecule has 1 aliphatic carbocycles. The van der Waals surface area contributed by atoms with E-state index in [0.717, 1.165) is 30.4 Å². The second-order valence-electron chi connectivity index (χ2n) is 5.84. The smallest absolute Gasteiger partial charge is 0.166 e. The molecule has 1 aliphatic rings. The molecule has 21 heavy (non-hydrogen) atoms. The summed E-state index contributed by atoms with van der Waals surface area (Å²) in [6, 6.07) is 18.2. The van der Waals surface area contributed by atoms with Crippen molar-refractivity contribution in [2.45, 2.75) is 19.3 Å². The molecule has 0 radical (unpaired) electrons. The Balaban J connectivity index is 1.79. The predicted octanol–water partition coefficient (Wildman–Crippen LogP) is 3.91. The van der Waals surface area contributed by atoms with Crippen LogP contribution in [0.1, 0.15) is 29.6 Å². The van der Waals surface area contributed by atoms with Gasteiger partial charge in [0.25, 0.3) is 0 Å². The minimum atomic E-state index is 0.123. The molecule has 0 aliphatic heterocycles. The lowest BCUT2D eigenvalue weighted by Gasteiger charge is -2.16. The normalized spacial score (nSPS) is 21.4. The second kappa shape index (κ2) is 6.23. The highest BCUT2D eigenvalue weighted by molar-refractivity contribution is 5.98. The van der Waals surface area contributed by atoms with Crippen LogP contribution in [0.25, 0.3) is 11.1 Å². The van der Waals surface area contributed by atoms with Crippen molar-refractivity contribution >= 4 is 5.78 Å². The molecule has 0 heterocycles. The number of carbonyl (C=O) groups is 1. The quantitative estimate of drug-likeness (QED) is 0.862. The molecule has 1 fully saturated rings. The first-order chi connectivity index (χ1) is 10.3. The van der Waals surface area contributed by atoms with Crippen LogP contribution in [-0.2, 0) is 0 Å². The van der Waals surface area contributed by atoms with Gasteiger partial charge in [-0.1, -0.05) is 61.0 Å². The van der Waals surface area contributed by atoms with Crippen molar-refractivity contribution in [3.8, 4) is 11.1 Å². The standard InChI is InChI=1S/C19H21NO/c20-13-17-7-4-8-18(17)19(21)16-11-9-15(10-12-16)14-5-2-1-3-6-14/h1-3,5-6,9-12,17-18H,4,7-8,13,20H2. The second-order valence-corrected chi connectivity index (χ2v) is 5.84. The van der Waals surface area contributed by atoms with Gasteiger partial charge in [0, 0.05) is 11.5 Å². The van der Waals surface area contributed by atoms with E-state index in [9.17, 15) is 4.79 Å². The maximum atomic E-state index is 12.6. The average molecular weight is 279 g/mol. The monoisotopic (exact) mass is 279 g/mol. The maximum absolute atomic E-state index is 12.6. The first kappa shape index (κ1) is 14.0. The van der Waals surface area contributed by atoms with E-state index in [-0.39, 0.29) is 11.7 Å². The van der Waals surface area contributed by atoms with Crippen molar-refractivity contribution in [1.82, 2.24) is 0 Å². The fraction of sp³-hybridized carbons (Fsp3) is 0.316. The first-order valence-electron chi connectivity index (χ1n) is 7.69. The molecule has 108 valence electrons. The zero-order chi connectivity index (χ0) is 14.7. The van der Waals surface area contributed by atoms with Gasteiger partial charge in [0.2, 0.25) is 0 Å². The van der Waals surface area contributed by atoms with Gasteiger partial charge in [-0.05, 0) is 36.4 Å². The number of carbonyl (C=O) groups excluding carboxylic acids is 1.